The highest BCUT2D eigenvalue weighted by atomic mass is 32.2. The van der Waals surface area contributed by atoms with Crippen LogP contribution in [0.5, 0.6) is 0 Å². The van der Waals surface area contributed by atoms with Gasteiger partial charge in [-0.25, -0.2) is 0 Å². The third-order valence-corrected chi connectivity index (χ3v) is 5.76. The molecule has 1 saturated carbocycles. The lowest BCUT2D eigenvalue weighted by Gasteiger charge is -2.49. The van der Waals surface area contributed by atoms with E-state index in [1.165, 1.54) is 32.4 Å². The zero-order valence-electron chi connectivity index (χ0n) is 12.9. The van der Waals surface area contributed by atoms with Crippen LogP contribution in [0.3, 0.4) is 0 Å². The summed E-state index contributed by atoms with van der Waals surface area (Å²) in [6, 6.07) is 1.71. The molecule has 4 atom stereocenters. The van der Waals surface area contributed by atoms with Crippen LogP contribution in [0, 0.1) is 11.8 Å². The lowest BCUT2D eigenvalue weighted by atomic mass is 9.73. The molecule has 2 fully saturated rings. The molecule has 2 rings (SSSR count). The summed E-state index contributed by atoms with van der Waals surface area (Å²) in [6.45, 7) is 9.30. The first-order valence-electron chi connectivity index (χ1n) is 7.77. The molecular weight excluding hydrogens is 256 g/mol. The van der Waals surface area contributed by atoms with Gasteiger partial charge in [-0.05, 0) is 45.4 Å². The van der Waals surface area contributed by atoms with E-state index in [-0.39, 0.29) is 0 Å². The molecule has 1 heterocycles. The number of nitrogens with zero attached hydrogens (tertiary/aromatic N) is 1. The molecule has 0 spiro atoms. The SMILES string of the molecule is CC(CS(C)=O)NC1C2CCCC1CN(C(C)C)C2. The van der Waals surface area contributed by atoms with Crippen molar-refractivity contribution in [3.63, 3.8) is 0 Å². The van der Waals surface area contributed by atoms with Crippen molar-refractivity contribution in [3.8, 4) is 0 Å². The molecule has 19 heavy (non-hydrogen) atoms. The summed E-state index contributed by atoms with van der Waals surface area (Å²) in [4.78, 5) is 2.65. The predicted octanol–water partition coefficient (Wildman–Crippen LogP) is 1.85. The van der Waals surface area contributed by atoms with Crippen molar-refractivity contribution in [3.05, 3.63) is 0 Å². The van der Waals surface area contributed by atoms with Crippen LogP contribution < -0.4 is 5.32 Å². The predicted molar refractivity (Wildman–Crippen MR) is 82.9 cm³/mol. The Morgan fingerprint density at radius 2 is 1.79 bits per heavy atom. The van der Waals surface area contributed by atoms with Gasteiger partial charge in [-0.1, -0.05) is 6.42 Å². The second-order valence-electron chi connectivity index (χ2n) is 6.83. The Kier molecular flexibility index (Phi) is 5.44. The number of fused-ring (bicyclic) bond motifs is 2. The summed E-state index contributed by atoms with van der Waals surface area (Å²) in [5, 5.41) is 3.79. The largest absolute Gasteiger partial charge is 0.310 e. The van der Waals surface area contributed by atoms with E-state index >= 15 is 0 Å². The molecule has 1 saturated heterocycles. The van der Waals surface area contributed by atoms with Gasteiger partial charge in [-0.2, -0.15) is 0 Å². The van der Waals surface area contributed by atoms with Gasteiger partial charge in [0.15, 0.2) is 0 Å². The van der Waals surface area contributed by atoms with E-state index in [0.717, 1.165) is 17.6 Å². The van der Waals surface area contributed by atoms with Gasteiger partial charge < -0.3 is 10.2 Å². The summed E-state index contributed by atoms with van der Waals surface area (Å²) in [6.07, 6.45) is 5.92. The molecule has 2 aliphatic rings. The molecule has 0 aromatic heterocycles. The monoisotopic (exact) mass is 286 g/mol. The lowest BCUT2D eigenvalue weighted by molar-refractivity contribution is 0.0268. The van der Waals surface area contributed by atoms with E-state index in [1.807, 2.05) is 0 Å². The lowest BCUT2D eigenvalue weighted by Crippen LogP contribution is -2.60. The average molecular weight is 286 g/mol. The van der Waals surface area contributed by atoms with E-state index in [2.05, 4.69) is 31.0 Å². The first kappa shape index (κ1) is 15.5. The molecule has 4 heteroatoms. The first-order chi connectivity index (χ1) is 8.97. The maximum absolute atomic E-state index is 11.3. The minimum Gasteiger partial charge on any atom is -0.310 e. The van der Waals surface area contributed by atoms with Gasteiger partial charge in [0.2, 0.25) is 0 Å². The van der Waals surface area contributed by atoms with E-state index in [4.69, 9.17) is 0 Å². The van der Waals surface area contributed by atoms with Gasteiger partial charge in [-0.15, -0.1) is 0 Å². The standard InChI is InChI=1S/C15H30N2OS/c1-11(2)17-8-13-6-5-7-14(9-17)15(13)16-12(3)10-19(4)18/h11-16H,5-10H2,1-4H3. The maximum Gasteiger partial charge on any atom is 0.0383 e. The molecule has 0 radical (unpaired) electrons. The molecular formula is C15H30N2OS. The molecule has 4 unspecified atom stereocenters. The van der Waals surface area contributed by atoms with Gasteiger partial charge in [0.25, 0.3) is 0 Å². The highest BCUT2D eigenvalue weighted by Crippen LogP contribution is 2.35. The number of hydrogen-bond donors (Lipinski definition) is 1. The van der Waals surface area contributed by atoms with Crippen molar-refractivity contribution < 1.29 is 4.21 Å². The van der Waals surface area contributed by atoms with Crippen LogP contribution in [0.15, 0.2) is 0 Å². The minimum absolute atomic E-state index is 0.379. The van der Waals surface area contributed by atoms with Crippen molar-refractivity contribution in [2.45, 2.75) is 58.2 Å². The molecule has 3 nitrogen and oxygen atoms in total. The van der Waals surface area contributed by atoms with Gasteiger partial charge in [-0.3, -0.25) is 4.21 Å². The van der Waals surface area contributed by atoms with Crippen molar-refractivity contribution in [2.75, 3.05) is 25.1 Å². The number of piperidine rings is 1. The molecule has 1 aliphatic heterocycles. The summed E-state index contributed by atoms with van der Waals surface area (Å²) >= 11 is 0. The smallest absolute Gasteiger partial charge is 0.0383 e. The van der Waals surface area contributed by atoms with E-state index < -0.39 is 10.8 Å². The van der Waals surface area contributed by atoms with Crippen molar-refractivity contribution in [1.82, 2.24) is 10.2 Å². The number of hydrogen-bond acceptors (Lipinski definition) is 3. The average Bonchev–Trinajstić information content (AvgIpc) is 2.26. The number of likely N-dealkylation sites (tertiary alicyclic amines) is 1. The molecule has 0 amide bonds. The Morgan fingerprint density at radius 1 is 1.21 bits per heavy atom. The Balaban J connectivity index is 1.96. The van der Waals surface area contributed by atoms with Gasteiger partial charge in [0, 0.05) is 54.0 Å². The number of nitrogens with one attached hydrogen (secondary N) is 1. The van der Waals surface area contributed by atoms with Crippen molar-refractivity contribution in [1.29, 1.82) is 0 Å². The molecule has 2 bridgehead atoms. The fraction of sp³-hybridized carbons (Fsp3) is 1.00. The normalized spacial score (nSPS) is 35.3. The molecule has 0 aromatic carbocycles. The molecule has 112 valence electrons. The van der Waals surface area contributed by atoms with Crippen LogP contribution in [-0.4, -0.2) is 52.3 Å². The quantitative estimate of drug-likeness (QED) is 0.837. The van der Waals surface area contributed by atoms with Crippen molar-refractivity contribution in [2.24, 2.45) is 11.8 Å². The zero-order valence-corrected chi connectivity index (χ0v) is 13.7. The summed E-state index contributed by atoms with van der Waals surface area (Å²) in [5.74, 6) is 2.37. The van der Waals surface area contributed by atoms with E-state index in [0.29, 0.717) is 18.1 Å². The summed E-state index contributed by atoms with van der Waals surface area (Å²) in [7, 11) is -0.694. The van der Waals surface area contributed by atoms with Crippen LogP contribution in [0.1, 0.15) is 40.0 Å². The van der Waals surface area contributed by atoms with Crippen LogP contribution in [0.2, 0.25) is 0 Å². The highest BCUT2D eigenvalue weighted by Gasteiger charge is 2.40. The minimum atomic E-state index is -0.694. The van der Waals surface area contributed by atoms with Gasteiger partial charge >= 0.3 is 0 Å². The summed E-state index contributed by atoms with van der Waals surface area (Å²) < 4.78 is 11.3. The van der Waals surface area contributed by atoms with Gasteiger partial charge in [0.05, 0.1) is 0 Å². The second-order valence-corrected chi connectivity index (χ2v) is 8.31. The van der Waals surface area contributed by atoms with E-state index in [1.54, 1.807) is 6.26 Å². The Bertz CT molecular complexity index is 307. The topological polar surface area (TPSA) is 32.3 Å². The molecule has 1 aliphatic carbocycles. The summed E-state index contributed by atoms with van der Waals surface area (Å²) in [5.41, 5.74) is 0. The van der Waals surface area contributed by atoms with Crippen molar-refractivity contribution >= 4 is 10.8 Å². The van der Waals surface area contributed by atoms with E-state index in [9.17, 15) is 4.21 Å². The fourth-order valence-electron chi connectivity index (χ4n) is 3.90. The van der Waals surface area contributed by atoms with Crippen LogP contribution >= 0.6 is 0 Å². The Hall–Kier alpha value is 0.0700. The Labute approximate surface area is 121 Å². The Morgan fingerprint density at radius 3 is 2.26 bits per heavy atom. The first-order valence-corrected chi connectivity index (χ1v) is 9.50. The number of rotatable bonds is 5. The molecule has 0 aromatic rings. The highest BCUT2D eigenvalue weighted by molar-refractivity contribution is 7.84. The third-order valence-electron chi connectivity index (χ3n) is 4.80. The zero-order chi connectivity index (χ0) is 14.0. The van der Waals surface area contributed by atoms with Crippen LogP contribution in [0.25, 0.3) is 0 Å². The fourth-order valence-corrected chi connectivity index (χ4v) is 4.70. The van der Waals surface area contributed by atoms with Gasteiger partial charge in [0.1, 0.15) is 0 Å². The molecule has 1 N–H and O–H groups in total. The van der Waals surface area contributed by atoms with Crippen LogP contribution in [0.4, 0.5) is 0 Å². The van der Waals surface area contributed by atoms with Crippen LogP contribution in [-0.2, 0) is 10.8 Å². The second kappa shape index (κ2) is 6.68. The maximum atomic E-state index is 11.3. The third kappa shape index (κ3) is 4.02.